The van der Waals surface area contributed by atoms with E-state index in [1.807, 2.05) is 0 Å². The maximum Gasteiger partial charge on any atom is 0.573 e. The first-order chi connectivity index (χ1) is 6.44. The van der Waals surface area contributed by atoms with Gasteiger partial charge < -0.3 is 9.84 Å². The number of aliphatic hydroxyl groups is 1. The van der Waals surface area contributed by atoms with Crippen LogP contribution in [-0.4, -0.2) is 16.5 Å². The Morgan fingerprint density at radius 2 is 2.07 bits per heavy atom. The maximum atomic E-state index is 11.8. The molecule has 0 saturated heterocycles. The van der Waals surface area contributed by atoms with Crippen molar-refractivity contribution in [1.82, 2.24) is 4.98 Å². The van der Waals surface area contributed by atoms with Crippen LogP contribution in [0.1, 0.15) is 5.56 Å². The zero-order valence-electron chi connectivity index (χ0n) is 6.68. The van der Waals surface area contributed by atoms with Crippen molar-refractivity contribution in [2.45, 2.75) is 13.0 Å². The highest BCUT2D eigenvalue weighted by Crippen LogP contribution is 2.31. The smallest absolute Gasteiger partial charge is 0.403 e. The van der Waals surface area contributed by atoms with Crippen molar-refractivity contribution in [3.8, 4) is 5.75 Å². The summed E-state index contributed by atoms with van der Waals surface area (Å²) in [6, 6.07) is 0. The second kappa shape index (κ2) is 4.02. The monoisotopic (exact) mass is 227 g/mol. The lowest BCUT2D eigenvalue weighted by Crippen LogP contribution is -2.17. The molecular weight excluding hydrogens is 223 g/mol. The summed E-state index contributed by atoms with van der Waals surface area (Å²) in [7, 11) is 0. The largest absolute Gasteiger partial charge is 0.573 e. The zero-order valence-corrected chi connectivity index (χ0v) is 7.43. The summed E-state index contributed by atoms with van der Waals surface area (Å²) in [5.41, 5.74) is 0.0772. The Labute approximate surface area is 82.1 Å². The maximum absolute atomic E-state index is 11.8. The van der Waals surface area contributed by atoms with Crippen LogP contribution < -0.4 is 4.74 Å². The van der Waals surface area contributed by atoms with Gasteiger partial charge in [0.1, 0.15) is 0 Å². The Balaban J connectivity index is 2.98. The minimum absolute atomic E-state index is 0.0772. The molecule has 1 aromatic heterocycles. The van der Waals surface area contributed by atoms with E-state index < -0.39 is 18.7 Å². The van der Waals surface area contributed by atoms with Gasteiger partial charge in [-0.3, -0.25) is 4.98 Å². The fourth-order valence-electron chi connectivity index (χ4n) is 0.773. The molecule has 0 unspecified atom stereocenters. The molecule has 0 aliphatic heterocycles. The number of rotatable bonds is 2. The summed E-state index contributed by atoms with van der Waals surface area (Å²) in [6.07, 6.45) is -2.83. The quantitative estimate of drug-likeness (QED) is 0.842. The highest BCUT2D eigenvalue weighted by atomic mass is 35.5. The van der Waals surface area contributed by atoms with Crippen molar-refractivity contribution in [2.24, 2.45) is 0 Å². The standard InChI is InChI=1S/C7H5ClF3NO2/c8-6-4(3-13)1-12-2-5(6)14-7(9,10)11/h1-2,13H,3H2. The molecule has 0 atom stereocenters. The third-order valence-corrected chi connectivity index (χ3v) is 1.75. The number of nitrogens with zero attached hydrogens (tertiary/aromatic N) is 1. The van der Waals surface area contributed by atoms with E-state index in [2.05, 4.69) is 9.72 Å². The van der Waals surface area contributed by atoms with Crippen molar-refractivity contribution in [3.63, 3.8) is 0 Å². The Morgan fingerprint density at radius 1 is 1.43 bits per heavy atom. The summed E-state index contributed by atoms with van der Waals surface area (Å²) in [5, 5.41) is 8.39. The zero-order chi connectivity index (χ0) is 10.8. The fraction of sp³-hybridized carbons (Fsp3) is 0.286. The molecule has 1 heterocycles. The summed E-state index contributed by atoms with van der Waals surface area (Å²) >= 11 is 5.49. The SMILES string of the molecule is OCc1cncc(OC(F)(F)F)c1Cl. The molecule has 0 fully saturated rings. The van der Waals surface area contributed by atoms with Crippen LogP contribution in [0.25, 0.3) is 0 Å². The molecule has 0 aliphatic rings. The van der Waals surface area contributed by atoms with Crippen LogP contribution in [-0.2, 0) is 6.61 Å². The lowest BCUT2D eigenvalue weighted by molar-refractivity contribution is -0.274. The van der Waals surface area contributed by atoms with Gasteiger partial charge in [0.2, 0.25) is 0 Å². The van der Waals surface area contributed by atoms with Gasteiger partial charge in [0, 0.05) is 11.8 Å². The van der Waals surface area contributed by atoms with Gasteiger partial charge >= 0.3 is 6.36 Å². The molecule has 1 rings (SSSR count). The number of ether oxygens (including phenoxy) is 1. The van der Waals surface area contributed by atoms with Crippen molar-refractivity contribution >= 4 is 11.6 Å². The summed E-state index contributed by atoms with van der Waals surface area (Å²) in [6.45, 7) is -0.499. The normalized spacial score (nSPS) is 11.5. The summed E-state index contributed by atoms with van der Waals surface area (Å²) < 4.78 is 38.9. The van der Waals surface area contributed by atoms with Crippen LogP contribution >= 0.6 is 11.6 Å². The van der Waals surface area contributed by atoms with Gasteiger partial charge in [-0.2, -0.15) is 0 Å². The second-order valence-corrected chi connectivity index (χ2v) is 2.69. The van der Waals surface area contributed by atoms with Gasteiger partial charge in [-0.1, -0.05) is 11.6 Å². The number of aliphatic hydroxyl groups excluding tert-OH is 1. The van der Waals surface area contributed by atoms with Crippen LogP contribution in [0.3, 0.4) is 0 Å². The number of alkyl halides is 3. The first kappa shape index (κ1) is 11.1. The van der Waals surface area contributed by atoms with E-state index in [-0.39, 0.29) is 10.6 Å². The Hall–Kier alpha value is -1.01. The van der Waals surface area contributed by atoms with Crippen LogP contribution in [0.4, 0.5) is 13.2 Å². The van der Waals surface area contributed by atoms with Crippen molar-refractivity contribution in [1.29, 1.82) is 0 Å². The van der Waals surface area contributed by atoms with E-state index in [0.717, 1.165) is 12.4 Å². The summed E-state index contributed by atoms with van der Waals surface area (Å²) in [4.78, 5) is 3.43. The Kier molecular flexibility index (Phi) is 3.17. The number of hydrogen-bond acceptors (Lipinski definition) is 3. The first-order valence-electron chi connectivity index (χ1n) is 3.43. The van der Waals surface area contributed by atoms with Crippen LogP contribution in [0.15, 0.2) is 12.4 Å². The Morgan fingerprint density at radius 3 is 2.57 bits per heavy atom. The van der Waals surface area contributed by atoms with Crippen molar-refractivity contribution in [2.75, 3.05) is 0 Å². The summed E-state index contributed by atoms with van der Waals surface area (Å²) in [5.74, 6) is -0.620. The number of pyridine rings is 1. The lowest BCUT2D eigenvalue weighted by atomic mass is 10.3. The van der Waals surface area contributed by atoms with E-state index in [4.69, 9.17) is 16.7 Å². The number of hydrogen-bond donors (Lipinski definition) is 1. The molecule has 78 valence electrons. The van der Waals surface area contributed by atoms with Gasteiger partial charge in [-0.15, -0.1) is 13.2 Å². The molecule has 0 radical (unpaired) electrons. The van der Waals surface area contributed by atoms with E-state index in [1.165, 1.54) is 0 Å². The number of aromatic nitrogens is 1. The topological polar surface area (TPSA) is 42.4 Å². The van der Waals surface area contributed by atoms with E-state index in [9.17, 15) is 13.2 Å². The highest BCUT2D eigenvalue weighted by molar-refractivity contribution is 6.32. The molecule has 1 aromatic rings. The molecule has 0 spiro atoms. The highest BCUT2D eigenvalue weighted by Gasteiger charge is 2.32. The van der Waals surface area contributed by atoms with Crippen LogP contribution in [0, 0.1) is 0 Å². The van der Waals surface area contributed by atoms with Gasteiger partial charge in [0.25, 0.3) is 0 Å². The molecule has 14 heavy (non-hydrogen) atoms. The molecule has 1 N–H and O–H groups in total. The van der Waals surface area contributed by atoms with E-state index in [1.54, 1.807) is 0 Å². The molecule has 3 nitrogen and oxygen atoms in total. The average Bonchev–Trinajstić information content (AvgIpc) is 2.06. The van der Waals surface area contributed by atoms with Crippen molar-refractivity contribution in [3.05, 3.63) is 23.0 Å². The Bertz CT molecular complexity index is 329. The molecule has 0 amide bonds. The predicted octanol–water partition coefficient (Wildman–Crippen LogP) is 2.13. The molecule has 0 bridgehead atoms. The molecule has 0 aliphatic carbocycles. The van der Waals surface area contributed by atoms with Crippen LogP contribution in [0.2, 0.25) is 5.02 Å². The minimum Gasteiger partial charge on any atom is -0.403 e. The number of halogens is 4. The molecule has 0 aromatic carbocycles. The van der Waals surface area contributed by atoms with Crippen LogP contribution in [0.5, 0.6) is 5.75 Å². The van der Waals surface area contributed by atoms with E-state index >= 15 is 0 Å². The minimum atomic E-state index is -4.82. The molecular formula is C7H5ClF3NO2. The van der Waals surface area contributed by atoms with Gasteiger partial charge in [0.15, 0.2) is 5.75 Å². The van der Waals surface area contributed by atoms with Gasteiger partial charge in [0.05, 0.1) is 17.8 Å². The lowest BCUT2D eigenvalue weighted by Gasteiger charge is -2.10. The third-order valence-electron chi connectivity index (χ3n) is 1.32. The van der Waals surface area contributed by atoms with Crippen molar-refractivity contribution < 1.29 is 23.0 Å². The first-order valence-corrected chi connectivity index (χ1v) is 3.81. The molecule has 7 heteroatoms. The third kappa shape index (κ3) is 2.74. The fourth-order valence-corrected chi connectivity index (χ4v) is 0.969. The molecule has 0 saturated carbocycles. The average molecular weight is 228 g/mol. The predicted molar refractivity (Wildman–Crippen MR) is 41.9 cm³/mol. The second-order valence-electron chi connectivity index (χ2n) is 2.32. The van der Waals surface area contributed by atoms with E-state index in [0.29, 0.717) is 0 Å². The van der Waals surface area contributed by atoms with Gasteiger partial charge in [-0.25, -0.2) is 0 Å². The van der Waals surface area contributed by atoms with Gasteiger partial charge in [-0.05, 0) is 0 Å².